The van der Waals surface area contributed by atoms with Crippen LogP contribution >= 0.6 is 11.8 Å². The smallest absolute Gasteiger partial charge is 0.0991 e. The molecule has 1 spiro atoms. The Hall–Kier alpha value is -6.40. The Labute approximate surface area is 306 Å². The van der Waals surface area contributed by atoms with Crippen LogP contribution in [0.25, 0.3) is 65.7 Å². The maximum Gasteiger partial charge on any atom is 0.0991 e. The molecule has 0 radical (unpaired) electrons. The van der Waals surface area contributed by atoms with Crippen LogP contribution in [0.15, 0.2) is 186 Å². The highest BCUT2D eigenvalue weighted by Crippen LogP contribution is 2.63. The van der Waals surface area contributed by atoms with Crippen molar-refractivity contribution >= 4 is 44.1 Å². The Morgan fingerprint density at radius 1 is 0.423 bits per heavy atom. The van der Waals surface area contributed by atoms with Crippen LogP contribution in [0.3, 0.4) is 0 Å². The molecule has 0 amide bonds. The van der Waals surface area contributed by atoms with Crippen LogP contribution < -0.4 is 0 Å². The van der Waals surface area contributed by atoms with Crippen molar-refractivity contribution in [1.29, 1.82) is 5.26 Å². The van der Waals surface area contributed by atoms with E-state index in [-0.39, 0.29) is 0 Å². The first kappa shape index (κ1) is 29.3. The zero-order valence-electron chi connectivity index (χ0n) is 28.1. The molecule has 1 aliphatic heterocycles. The van der Waals surface area contributed by atoms with Gasteiger partial charge in [-0.1, -0.05) is 163 Å². The largest absolute Gasteiger partial charge is 0.192 e. The zero-order chi connectivity index (χ0) is 34.4. The molecule has 9 aromatic rings. The van der Waals surface area contributed by atoms with Gasteiger partial charge in [0.25, 0.3) is 0 Å². The lowest BCUT2D eigenvalue weighted by Gasteiger charge is -2.40. The molecule has 2 heteroatoms. The van der Waals surface area contributed by atoms with E-state index in [1.165, 1.54) is 97.7 Å². The highest BCUT2D eigenvalue weighted by atomic mass is 32.2. The normalized spacial score (nSPS) is 15.3. The lowest BCUT2D eigenvalue weighted by Crippen LogP contribution is -2.32. The minimum atomic E-state index is -0.567. The second-order valence-corrected chi connectivity index (χ2v) is 14.9. The molecule has 1 heterocycles. The summed E-state index contributed by atoms with van der Waals surface area (Å²) in [4.78, 5) is 2.51. The fourth-order valence-electron chi connectivity index (χ4n) is 9.26. The molecule has 0 fully saturated rings. The predicted molar refractivity (Wildman–Crippen MR) is 216 cm³/mol. The van der Waals surface area contributed by atoms with Gasteiger partial charge in [0, 0.05) is 9.79 Å². The summed E-state index contributed by atoms with van der Waals surface area (Å²) in [7, 11) is 0. The SMILES string of the molecule is N#Cc1ccc2c(c1)C1(c3ccccc3Sc3c(-c4c5ccccc5c(-c5ccc6ccccc6c5)c5ccccc45)cccc31)c1ccccc1-2. The molecular formula is C50H29NS. The second-order valence-electron chi connectivity index (χ2n) is 13.9. The van der Waals surface area contributed by atoms with E-state index in [0.717, 1.165) is 0 Å². The Morgan fingerprint density at radius 3 is 1.79 bits per heavy atom. The van der Waals surface area contributed by atoms with Gasteiger partial charge < -0.3 is 0 Å². The van der Waals surface area contributed by atoms with Crippen LogP contribution in [-0.2, 0) is 5.41 Å². The first-order chi connectivity index (χ1) is 25.8. The van der Waals surface area contributed by atoms with Crippen LogP contribution in [0.5, 0.6) is 0 Å². The van der Waals surface area contributed by atoms with Gasteiger partial charge in [0.15, 0.2) is 0 Å². The van der Waals surface area contributed by atoms with Crippen molar-refractivity contribution in [3.63, 3.8) is 0 Å². The average molecular weight is 676 g/mol. The molecule has 240 valence electrons. The molecule has 0 aromatic heterocycles. The number of fused-ring (bicyclic) bond motifs is 12. The van der Waals surface area contributed by atoms with E-state index in [9.17, 15) is 5.26 Å². The summed E-state index contributed by atoms with van der Waals surface area (Å²) in [5.41, 5.74) is 12.5. The molecule has 52 heavy (non-hydrogen) atoms. The first-order valence-corrected chi connectivity index (χ1v) is 18.6. The summed E-state index contributed by atoms with van der Waals surface area (Å²) in [5, 5.41) is 17.6. The highest BCUT2D eigenvalue weighted by Gasteiger charge is 2.50. The van der Waals surface area contributed by atoms with Crippen molar-refractivity contribution in [3.05, 3.63) is 204 Å². The molecule has 9 aromatic carbocycles. The molecule has 2 aliphatic rings. The van der Waals surface area contributed by atoms with E-state index in [1.54, 1.807) is 0 Å². The third-order valence-corrected chi connectivity index (χ3v) is 12.6. The Balaban J connectivity index is 1.26. The van der Waals surface area contributed by atoms with E-state index in [2.05, 4.69) is 176 Å². The molecule has 1 unspecified atom stereocenters. The lowest BCUT2D eigenvalue weighted by molar-refractivity contribution is 0.723. The van der Waals surface area contributed by atoms with Crippen molar-refractivity contribution in [2.45, 2.75) is 15.2 Å². The van der Waals surface area contributed by atoms with E-state index in [4.69, 9.17) is 0 Å². The molecule has 0 saturated carbocycles. The van der Waals surface area contributed by atoms with Gasteiger partial charge in [0.2, 0.25) is 0 Å². The van der Waals surface area contributed by atoms with E-state index >= 15 is 0 Å². The Bertz CT molecular complexity index is 2960. The van der Waals surface area contributed by atoms with Crippen molar-refractivity contribution in [3.8, 4) is 39.4 Å². The lowest BCUT2D eigenvalue weighted by atomic mass is 9.66. The number of benzene rings is 9. The van der Waals surface area contributed by atoms with Gasteiger partial charge in [-0.3, -0.25) is 0 Å². The van der Waals surface area contributed by atoms with E-state index in [1.807, 2.05) is 17.8 Å². The summed E-state index contributed by atoms with van der Waals surface area (Å²) in [6.07, 6.45) is 0. The molecule has 1 atom stereocenters. The van der Waals surface area contributed by atoms with Crippen molar-refractivity contribution in [2.75, 3.05) is 0 Å². The minimum absolute atomic E-state index is 0.567. The van der Waals surface area contributed by atoms with Crippen LogP contribution in [0, 0.1) is 11.3 Å². The Kier molecular flexibility index (Phi) is 6.23. The van der Waals surface area contributed by atoms with E-state index < -0.39 is 5.41 Å². The van der Waals surface area contributed by atoms with Crippen LogP contribution in [0.4, 0.5) is 0 Å². The van der Waals surface area contributed by atoms with Crippen molar-refractivity contribution in [2.24, 2.45) is 0 Å². The number of hydrogen-bond donors (Lipinski definition) is 0. The van der Waals surface area contributed by atoms with Gasteiger partial charge in [-0.15, -0.1) is 0 Å². The summed E-state index contributed by atoms with van der Waals surface area (Å²) < 4.78 is 0. The van der Waals surface area contributed by atoms with Gasteiger partial charge in [-0.25, -0.2) is 0 Å². The summed E-state index contributed by atoms with van der Waals surface area (Å²) >= 11 is 1.88. The summed E-state index contributed by atoms with van der Waals surface area (Å²) in [5.74, 6) is 0. The minimum Gasteiger partial charge on any atom is -0.192 e. The Morgan fingerprint density at radius 2 is 1.02 bits per heavy atom. The molecule has 0 N–H and O–H groups in total. The van der Waals surface area contributed by atoms with Crippen LogP contribution in [-0.4, -0.2) is 0 Å². The standard InChI is InChI=1S/C50H29NS/c51-30-31-24-27-36-35-14-7-8-20-42(35)50(45(36)28-31)43-21-9-10-23-46(43)52-49-41(19-11-22-44(49)50)48-39-17-5-3-15-37(39)47(38-16-4-6-18-40(38)48)34-26-25-32-12-1-2-13-33(32)29-34/h1-29H. The first-order valence-electron chi connectivity index (χ1n) is 17.7. The number of rotatable bonds is 2. The summed E-state index contributed by atoms with van der Waals surface area (Å²) in [6.45, 7) is 0. The van der Waals surface area contributed by atoms with Gasteiger partial charge in [-0.2, -0.15) is 5.26 Å². The fourth-order valence-corrected chi connectivity index (χ4v) is 10.6. The zero-order valence-corrected chi connectivity index (χ0v) is 28.9. The van der Waals surface area contributed by atoms with Crippen LogP contribution in [0.2, 0.25) is 0 Å². The fraction of sp³-hybridized carbons (Fsp3) is 0.0200. The molecule has 1 aliphatic carbocycles. The number of nitriles is 1. The third kappa shape index (κ3) is 3.89. The quantitative estimate of drug-likeness (QED) is 0.170. The maximum absolute atomic E-state index is 10.2. The molecule has 1 nitrogen and oxygen atoms in total. The third-order valence-electron chi connectivity index (χ3n) is 11.3. The second kappa shape index (κ2) is 11.0. The predicted octanol–water partition coefficient (Wildman–Crippen LogP) is 13.2. The maximum atomic E-state index is 10.2. The highest BCUT2D eigenvalue weighted by molar-refractivity contribution is 7.99. The van der Waals surface area contributed by atoms with Crippen molar-refractivity contribution in [1.82, 2.24) is 0 Å². The molecule has 0 bridgehead atoms. The topological polar surface area (TPSA) is 23.8 Å². The van der Waals surface area contributed by atoms with Crippen LogP contribution in [0.1, 0.15) is 27.8 Å². The van der Waals surface area contributed by atoms with Gasteiger partial charge in [0.1, 0.15) is 0 Å². The van der Waals surface area contributed by atoms with Gasteiger partial charge >= 0.3 is 0 Å². The average Bonchev–Trinajstić information content (AvgIpc) is 3.49. The van der Waals surface area contributed by atoms with E-state index in [0.29, 0.717) is 5.56 Å². The molecular weight excluding hydrogens is 647 g/mol. The summed E-state index contributed by atoms with van der Waals surface area (Å²) in [6, 6.07) is 66.7. The molecule has 11 rings (SSSR count). The van der Waals surface area contributed by atoms with Gasteiger partial charge in [-0.05, 0) is 112 Å². The monoisotopic (exact) mass is 675 g/mol. The van der Waals surface area contributed by atoms with Gasteiger partial charge in [0.05, 0.1) is 17.0 Å². The number of nitrogens with zero attached hydrogens (tertiary/aromatic N) is 1. The van der Waals surface area contributed by atoms with Crippen molar-refractivity contribution < 1.29 is 0 Å². The number of hydrogen-bond acceptors (Lipinski definition) is 2. The molecule has 0 saturated heterocycles.